The molecular formula is C14H23F6N. The van der Waals surface area contributed by atoms with Crippen LogP contribution < -0.4 is 5.32 Å². The van der Waals surface area contributed by atoms with Crippen LogP contribution in [0.5, 0.6) is 0 Å². The standard InChI is InChI=1S/C14H23F6N/c1-4-21-11(10-6-8(2)5-9(3)7-10)12(13(15,16)17)14(18,19)20/h8-12,21H,4-7H2,1-3H3. The zero-order valence-electron chi connectivity index (χ0n) is 12.5. The van der Waals surface area contributed by atoms with E-state index in [0.717, 1.165) is 6.42 Å². The predicted octanol–water partition coefficient (Wildman–Crippen LogP) is 4.78. The van der Waals surface area contributed by atoms with Gasteiger partial charge in [-0.1, -0.05) is 20.8 Å². The molecule has 1 aliphatic rings. The first-order valence-electron chi connectivity index (χ1n) is 7.33. The Labute approximate surface area is 121 Å². The van der Waals surface area contributed by atoms with Crippen LogP contribution in [0.15, 0.2) is 0 Å². The van der Waals surface area contributed by atoms with Crippen LogP contribution in [0.4, 0.5) is 26.3 Å². The van der Waals surface area contributed by atoms with Crippen molar-refractivity contribution in [2.24, 2.45) is 23.7 Å². The second-order valence-corrected chi connectivity index (χ2v) is 6.32. The maximum atomic E-state index is 13.0. The van der Waals surface area contributed by atoms with Gasteiger partial charge in [-0.15, -0.1) is 0 Å². The molecule has 3 unspecified atom stereocenters. The van der Waals surface area contributed by atoms with Crippen molar-refractivity contribution in [1.29, 1.82) is 0 Å². The van der Waals surface area contributed by atoms with Gasteiger partial charge in [0.2, 0.25) is 0 Å². The monoisotopic (exact) mass is 319 g/mol. The lowest BCUT2D eigenvalue weighted by Crippen LogP contribution is -2.55. The topological polar surface area (TPSA) is 12.0 Å². The van der Waals surface area contributed by atoms with Crippen molar-refractivity contribution in [2.45, 2.75) is 58.4 Å². The minimum Gasteiger partial charge on any atom is -0.313 e. The summed E-state index contributed by atoms with van der Waals surface area (Å²) in [5.74, 6) is -3.59. The van der Waals surface area contributed by atoms with Crippen LogP contribution in [0.2, 0.25) is 0 Å². The summed E-state index contributed by atoms with van der Waals surface area (Å²) in [6.07, 6.45) is -8.89. The zero-order chi connectivity index (χ0) is 16.4. The van der Waals surface area contributed by atoms with E-state index in [1.807, 2.05) is 13.8 Å². The van der Waals surface area contributed by atoms with Gasteiger partial charge in [0.15, 0.2) is 5.92 Å². The Hall–Kier alpha value is -0.460. The van der Waals surface area contributed by atoms with Gasteiger partial charge in [-0.3, -0.25) is 0 Å². The van der Waals surface area contributed by atoms with Gasteiger partial charge in [0.25, 0.3) is 0 Å². The van der Waals surface area contributed by atoms with Crippen molar-refractivity contribution < 1.29 is 26.3 Å². The van der Waals surface area contributed by atoms with Crippen molar-refractivity contribution in [3.05, 3.63) is 0 Å². The van der Waals surface area contributed by atoms with Crippen LogP contribution in [-0.2, 0) is 0 Å². The number of alkyl halides is 6. The smallest absolute Gasteiger partial charge is 0.313 e. The normalized spacial score (nSPS) is 29.7. The van der Waals surface area contributed by atoms with E-state index in [-0.39, 0.29) is 18.4 Å². The third-order valence-electron chi connectivity index (χ3n) is 4.23. The molecule has 1 saturated carbocycles. The largest absolute Gasteiger partial charge is 0.402 e. The zero-order valence-corrected chi connectivity index (χ0v) is 12.5. The third-order valence-corrected chi connectivity index (χ3v) is 4.23. The van der Waals surface area contributed by atoms with E-state index in [1.54, 1.807) is 0 Å². The Morgan fingerprint density at radius 1 is 0.905 bits per heavy atom. The summed E-state index contributed by atoms with van der Waals surface area (Å²) in [5, 5.41) is 2.47. The highest BCUT2D eigenvalue weighted by Crippen LogP contribution is 2.46. The molecule has 0 aromatic heterocycles. The van der Waals surface area contributed by atoms with Crippen LogP contribution >= 0.6 is 0 Å². The van der Waals surface area contributed by atoms with Crippen molar-refractivity contribution in [2.75, 3.05) is 6.54 Å². The highest BCUT2D eigenvalue weighted by molar-refractivity contribution is 4.93. The highest BCUT2D eigenvalue weighted by Gasteiger charge is 2.61. The SMILES string of the molecule is CCNC(C1CC(C)CC(C)C1)C(C(F)(F)F)C(F)(F)F. The van der Waals surface area contributed by atoms with Gasteiger partial charge in [-0.2, -0.15) is 26.3 Å². The predicted molar refractivity (Wildman–Crippen MR) is 68.7 cm³/mol. The fraction of sp³-hybridized carbons (Fsp3) is 1.00. The molecule has 0 amide bonds. The molecule has 0 radical (unpaired) electrons. The quantitative estimate of drug-likeness (QED) is 0.736. The van der Waals surface area contributed by atoms with Gasteiger partial charge in [0.1, 0.15) is 0 Å². The minimum absolute atomic E-state index is 0.0899. The van der Waals surface area contributed by atoms with Gasteiger partial charge in [0, 0.05) is 6.04 Å². The van der Waals surface area contributed by atoms with Gasteiger partial charge in [-0.25, -0.2) is 0 Å². The number of hydrogen-bond donors (Lipinski definition) is 1. The molecule has 0 spiro atoms. The summed E-state index contributed by atoms with van der Waals surface area (Å²) in [6.45, 7) is 5.41. The van der Waals surface area contributed by atoms with E-state index in [4.69, 9.17) is 0 Å². The molecule has 0 bridgehead atoms. The summed E-state index contributed by atoms with van der Waals surface area (Å²) < 4.78 is 77.9. The first kappa shape index (κ1) is 18.6. The van der Waals surface area contributed by atoms with E-state index < -0.39 is 30.2 Å². The van der Waals surface area contributed by atoms with Gasteiger partial charge >= 0.3 is 12.4 Å². The van der Waals surface area contributed by atoms with Crippen molar-refractivity contribution in [3.63, 3.8) is 0 Å². The Kier molecular flexibility index (Phi) is 5.98. The summed E-state index contributed by atoms with van der Waals surface area (Å²) in [4.78, 5) is 0. The van der Waals surface area contributed by atoms with Crippen LogP contribution in [0.3, 0.4) is 0 Å². The summed E-state index contributed by atoms with van der Waals surface area (Å²) >= 11 is 0. The van der Waals surface area contributed by atoms with E-state index in [0.29, 0.717) is 12.8 Å². The Bertz CT molecular complexity index is 300. The molecule has 3 atom stereocenters. The van der Waals surface area contributed by atoms with E-state index >= 15 is 0 Å². The molecule has 0 heterocycles. The number of halogens is 6. The van der Waals surface area contributed by atoms with E-state index in [9.17, 15) is 26.3 Å². The first-order chi connectivity index (χ1) is 9.46. The van der Waals surface area contributed by atoms with Gasteiger partial charge in [0.05, 0.1) is 0 Å². The molecule has 1 fully saturated rings. The summed E-state index contributed by atoms with van der Waals surface area (Å²) in [6, 6.07) is -1.60. The lowest BCUT2D eigenvalue weighted by atomic mass is 9.71. The molecule has 0 aromatic carbocycles. The summed E-state index contributed by atoms with van der Waals surface area (Å²) in [5.41, 5.74) is 0. The second-order valence-electron chi connectivity index (χ2n) is 6.32. The van der Waals surface area contributed by atoms with Crippen LogP contribution in [0, 0.1) is 23.7 Å². The lowest BCUT2D eigenvalue weighted by Gasteiger charge is -2.41. The van der Waals surface area contributed by atoms with E-state index in [1.165, 1.54) is 6.92 Å². The molecule has 21 heavy (non-hydrogen) atoms. The molecule has 0 saturated heterocycles. The first-order valence-corrected chi connectivity index (χ1v) is 7.33. The minimum atomic E-state index is -5.28. The van der Waals surface area contributed by atoms with Crippen LogP contribution in [-0.4, -0.2) is 24.9 Å². The molecule has 0 aromatic rings. The molecule has 1 aliphatic carbocycles. The number of hydrogen-bond acceptors (Lipinski definition) is 1. The molecule has 1 nitrogen and oxygen atoms in total. The molecule has 0 aliphatic heterocycles. The maximum Gasteiger partial charge on any atom is 0.402 e. The molecule has 126 valence electrons. The lowest BCUT2D eigenvalue weighted by molar-refractivity contribution is -0.296. The number of rotatable bonds is 4. The highest BCUT2D eigenvalue weighted by atomic mass is 19.4. The Balaban J connectivity index is 3.07. The number of nitrogens with one attached hydrogen (secondary N) is 1. The van der Waals surface area contributed by atoms with Crippen molar-refractivity contribution >= 4 is 0 Å². The molecular weight excluding hydrogens is 296 g/mol. The molecule has 1 N–H and O–H groups in total. The second kappa shape index (κ2) is 6.75. The summed E-state index contributed by atoms with van der Waals surface area (Å²) in [7, 11) is 0. The van der Waals surface area contributed by atoms with Crippen molar-refractivity contribution in [1.82, 2.24) is 5.32 Å². The van der Waals surface area contributed by atoms with Crippen LogP contribution in [0.25, 0.3) is 0 Å². The molecule has 1 rings (SSSR count). The maximum absolute atomic E-state index is 13.0. The molecule has 7 heteroatoms. The van der Waals surface area contributed by atoms with Crippen LogP contribution in [0.1, 0.15) is 40.0 Å². The fourth-order valence-corrected chi connectivity index (χ4v) is 3.69. The van der Waals surface area contributed by atoms with Gasteiger partial charge < -0.3 is 5.32 Å². The fourth-order valence-electron chi connectivity index (χ4n) is 3.69. The Morgan fingerprint density at radius 3 is 1.67 bits per heavy atom. The van der Waals surface area contributed by atoms with E-state index in [2.05, 4.69) is 5.32 Å². The van der Waals surface area contributed by atoms with Gasteiger partial charge in [-0.05, 0) is 43.6 Å². The third kappa shape index (κ3) is 5.04. The Morgan fingerprint density at radius 2 is 1.33 bits per heavy atom. The average molecular weight is 319 g/mol. The average Bonchev–Trinajstić information content (AvgIpc) is 2.23. The van der Waals surface area contributed by atoms with Crippen molar-refractivity contribution in [3.8, 4) is 0 Å².